The first-order valence-electron chi connectivity index (χ1n) is 4.75. The predicted octanol–water partition coefficient (Wildman–Crippen LogP) is -3.72. The van der Waals surface area contributed by atoms with Gasteiger partial charge >= 0.3 is 51.4 Å². The number of carbonyl (C=O) groups is 2. The van der Waals surface area contributed by atoms with Gasteiger partial charge in [-0.05, 0) is 6.42 Å². The maximum absolute atomic E-state index is 11.6. The monoisotopic (exact) mass is 316 g/mol. The molecule has 94 valence electrons. The van der Waals surface area contributed by atoms with E-state index in [4.69, 9.17) is 16.7 Å². The van der Waals surface area contributed by atoms with Crippen molar-refractivity contribution >= 4 is 34.8 Å². The Labute approximate surface area is 155 Å². The normalized spacial score (nSPS) is 11.4. The van der Waals surface area contributed by atoms with E-state index in [9.17, 15) is 14.7 Å². The van der Waals surface area contributed by atoms with Crippen LogP contribution in [0.5, 0.6) is 0 Å². The standard InChI is InChI=1S/C9H11ClN2O4S.K/c10-7-6(17-4-12-7)8(14)11-3-5(1-2-13)9(15)16;/h4-5,13H,1-3H2,(H,11,14)(H,15,16);/q;+1/p-1. The molecule has 1 amide bonds. The molecule has 1 aromatic heterocycles. The third kappa shape index (κ3) is 5.62. The Morgan fingerprint density at radius 2 is 2.28 bits per heavy atom. The Morgan fingerprint density at radius 1 is 1.61 bits per heavy atom. The number of hydrogen-bond acceptors (Lipinski definition) is 6. The third-order valence-corrected chi connectivity index (χ3v) is 3.27. The summed E-state index contributed by atoms with van der Waals surface area (Å²) in [5.41, 5.74) is 1.42. The van der Waals surface area contributed by atoms with Gasteiger partial charge in [0.05, 0.1) is 5.51 Å². The summed E-state index contributed by atoms with van der Waals surface area (Å²) in [6.45, 7) is -0.397. The fourth-order valence-electron chi connectivity index (χ4n) is 1.14. The summed E-state index contributed by atoms with van der Waals surface area (Å²) in [6, 6.07) is 0. The summed E-state index contributed by atoms with van der Waals surface area (Å²) in [5, 5.41) is 21.8. The molecule has 1 aromatic rings. The Hall–Kier alpha value is 0.456. The van der Waals surface area contributed by atoms with Crippen molar-refractivity contribution in [3.8, 4) is 0 Å². The number of aromatic nitrogens is 1. The molecule has 2 N–H and O–H groups in total. The van der Waals surface area contributed by atoms with Crippen LogP contribution in [-0.2, 0) is 4.79 Å². The van der Waals surface area contributed by atoms with Gasteiger partial charge < -0.3 is 20.3 Å². The molecule has 0 saturated heterocycles. The molecule has 0 spiro atoms. The van der Waals surface area contributed by atoms with Crippen LogP contribution in [0.15, 0.2) is 5.51 Å². The minimum Gasteiger partial charge on any atom is -0.550 e. The minimum absolute atomic E-state index is 0. The van der Waals surface area contributed by atoms with Gasteiger partial charge in [0.25, 0.3) is 5.91 Å². The first-order chi connectivity index (χ1) is 8.06. The van der Waals surface area contributed by atoms with Crippen molar-refractivity contribution in [2.45, 2.75) is 6.42 Å². The van der Waals surface area contributed by atoms with Gasteiger partial charge in [0.1, 0.15) is 4.88 Å². The number of carboxylic acid groups (broad SMARTS) is 1. The molecule has 0 radical (unpaired) electrons. The maximum atomic E-state index is 11.6. The van der Waals surface area contributed by atoms with Crippen LogP contribution in [0.4, 0.5) is 0 Å². The number of aliphatic hydroxyl groups is 1. The van der Waals surface area contributed by atoms with Crippen LogP contribution in [0.3, 0.4) is 0 Å². The number of hydrogen-bond donors (Lipinski definition) is 2. The Morgan fingerprint density at radius 3 is 2.72 bits per heavy atom. The van der Waals surface area contributed by atoms with Gasteiger partial charge in [0.15, 0.2) is 5.15 Å². The molecule has 1 heterocycles. The smallest absolute Gasteiger partial charge is 0.550 e. The fraction of sp³-hybridized carbons (Fsp3) is 0.444. The molecule has 6 nitrogen and oxygen atoms in total. The predicted molar refractivity (Wildman–Crippen MR) is 59.7 cm³/mol. The number of rotatable bonds is 6. The number of nitrogens with zero attached hydrogens (tertiary/aromatic N) is 1. The number of aliphatic hydroxyl groups excluding tert-OH is 1. The van der Waals surface area contributed by atoms with Crippen LogP contribution < -0.4 is 61.8 Å². The molecule has 0 aliphatic carbocycles. The summed E-state index contributed by atoms with van der Waals surface area (Å²) >= 11 is 6.71. The number of amides is 1. The quantitative estimate of drug-likeness (QED) is 0.526. The van der Waals surface area contributed by atoms with E-state index < -0.39 is 17.8 Å². The van der Waals surface area contributed by atoms with E-state index in [1.54, 1.807) is 0 Å². The van der Waals surface area contributed by atoms with E-state index in [0.29, 0.717) is 0 Å². The molecule has 0 bridgehead atoms. The fourth-order valence-corrected chi connectivity index (χ4v) is 2.05. The molecular weight excluding hydrogens is 307 g/mol. The van der Waals surface area contributed by atoms with Crippen LogP contribution in [0, 0.1) is 5.92 Å². The summed E-state index contributed by atoms with van der Waals surface area (Å²) in [6.07, 6.45) is 0.0268. The molecule has 1 unspecified atom stereocenters. The van der Waals surface area contributed by atoms with Gasteiger partial charge in [-0.1, -0.05) is 11.6 Å². The van der Waals surface area contributed by atoms with Gasteiger partial charge in [-0.25, -0.2) is 4.98 Å². The second-order valence-corrected chi connectivity index (χ2v) is 4.42. The van der Waals surface area contributed by atoms with Crippen LogP contribution in [0.25, 0.3) is 0 Å². The van der Waals surface area contributed by atoms with Crippen LogP contribution in [0.1, 0.15) is 16.1 Å². The Balaban J connectivity index is 0.00000289. The van der Waals surface area contributed by atoms with Gasteiger partial charge in [-0.15, -0.1) is 11.3 Å². The Bertz CT molecular complexity index is 415. The summed E-state index contributed by atoms with van der Waals surface area (Å²) in [7, 11) is 0. The third-order valence-electron chi connectivity index (χ3n) is 2.05. The molecular formula is C9H10ClKN2O4S. The molecule has 9 heteroatoms. The zero-order chi connectivity index (χ0) is 12.8. The summed E-state index contributed by atoms with van der Waals surface area (Å²) in [5.74, 6) is -2.72. The first kappa shape index (κ1) is 18.5. The van der Waals surface area contributed by atoms with Gasteiger partial charge in [0.2, 0.25) is 0 Å². The van der Waals surface area contributed by atoms with E-state index in [1.807, 2.05) is 0 Å². The topological polar surface area (TPSA) is 102 Å². The number of carbonyl (C=O) groups excluding carboxylic acids is 2. The molecule has 0 fully saturated rings. The van der Waals surface area contributed by atoms with Crippen LogP contribution in [-0.4, -0.2) is 35.1 Å². The molecule has 1 rings (SSSR count). The number of carboxylic acids is 1. The number of thiazole rings is 1. The van der Waals surface area contributed by atoms with Crippen LogP contribution >= 0.6 is 22.9 Å². The first-order valence-corrected chi connectivity index (χ1v) is 6.01. The van der Waals surface area contributed by atoms with E-state index in [-0.39, 0.29) is 81.0 Å². The maximum Gasteiger partial charge on any atom is 1.00 e. The van der Waals surface area contributed by atoms with Crippen molar-refractivity contribution in [3.63, 3.8) is 0 Å². The average molecular weight is 317 g/mol. The largest absolute Gasteiger partial charge is 1.00 e. The van der Waals surface area contributed by atoms with Crippen LogP contribution in [0.2, 0.25) is 5.15 Å². The van der Waals surface area contributed by atoms with Crippen molar-refractivity contribution in [3.05, 3.63) is 15.5 Å². The van der Waals surface area contributed by atoms with E-state index in [1.165, 1.54) is 5.51 Å². The zero-order valence-electron chi connectivity index (χ0n) is 9.68. The summed E-state index contributed by atoms with van der Waals surface area (Å²) in [4.78, 5) is 26.1. The molecule has 0 saturated carbocycles. The van der Waals surface area contributed by atoms with E-state index >= 15 is 0 Å². The SMILES string of the molecule is O=C(NCC(CCO)C(=O)[O-])c1scnc1Cl.[K+]. The molecule has 0 aliphatic heterocycles. The van der Waals surface area contributed by atoms with Crippen molar-refractivity contribution < 1.29 is 71.2 Å². The number of aliphatic carboxylic acids is 1. The molecule has 0 aromatic carbocycles. The second kappa shape index (κ2) is 9.37. The molecule has 18 heavy (non-hydrogen) atoms. The average Bonchev–Trinajstić information content (AvgIpc) is 2.69. The van der Waals surface area contributed by atoms with Crippen molar-refractivity contribution in [2.75, 3.05) is 13.2 Å². The number of nitrogens with one attached hydrogen (secondary N) is 1. The number of halogens is 1. The van der Waals surface area contributed by atoms with Crippen molar-refractivity contribution in [1.82, 2.24) is 10.3 Å². The van der Waals surface area contributed by atoms with Gasteiger partial charge in [-0.2, -0.15) is 0 Å². The van der Waals surface area contributed by atoms with E-state index in [0.717, 1.165) is 11.3 Å². The van der Waals surface area contributed by atoms with Crippen molar-refractivity contribution in [1.29, 1.82) is 0 Å². The van der Waals surface area contributed by atoms with Gasteiger partial charge in [0, 0.05) is 25.0 Å². The Kier molecular flexibility index (Phi) is 9.61. The van der Waals surface area contributed by atoms with Gasteiger partial charge in [-0.3, -0.25) is 4.79 Å². The molecule has 1 atom stereocenters. The second-order valence-electron chi connectivity index (χ2n) is 3.21. The van der Waals surface area contributed by atoms with E-state index in [2.05, 4.69) is 10.3 Å². The summed E-state index contributed by atoms with van der Waals surface area (Å²) < 4.78 is 0. The minimum atomic E-state index is -1.31. The zero-order valence-corrected chi connectivity index (χ0v) is 14.4. The molecule has 0 aliphatic rings. The van der Waals surface area contributed by atoms with Crippen molar-refractivity contribution in [2.24, 2.45) is 5.92 Å².